The van der Waals surface area contributed by atoms with E-state index in [0.717, 1.165) is 16.9 Å². The minimum atomic E-state index is 0.604. The van der Waals surface area contributed by atoms with Crippen LogP contribution in [0.25, 0.3) is 5.76 Å². The van der Waals surface area contributed by atoms with Gasteiger partial charge in [0.2, 0.25) is 0 Å². The fourth-order valence-corrected chi connectivity index (χ4v) is 1.58. The van der Waals surface area contributed by atoms with Crippen molar-refractivity contribution in [1.29, 1.82) is 0 Å². The number of methoxy groups -OCH3 is 1. The van der Waals surface area contributed by atoms with Gasteiger partial charge < -0.3 is 13.9 Å². The summed E-state index contributed by atoms with van der Waals surface area (Å²) in [6.45, 7) is 4.71. The molecule has 0 spiro atoms. The summed E-state index contributed by atoms with van der Waals surface area (Å²) in [5.74, 6) is 1.56. The Morgan fingerprint density at radius 3 is 2.80 bits per heavy atom. The van der Waals surface area contributed by atoms with Gasteiger partial charge in [-0.05, 0) is 31.1 Å². The summed E-state index contributed by atoms with van der Waals surface area (Å²) >= 11 is 0. The van der Waals surface area contributed by atoms with Crippen LogP contribution in [0.5, 0.6) is 5.75 Å². The maximum atomic E-state index is 5.61. The van der Waals surface area contributed by atoms with E-state index in [0.29, 0.717) is 12.4 Å². The Morgan fingerprint density at radius 2 is 2.07 bits per heavy atom. The Morgan fingerprint density at radius 1 is 1.27 bits per heavy atom. The van der Waals surface area contributed by atoms with Crippen molar-refractivity contribution in [3.63, 3.8) is 0 Å². The fraction of sp³-hybridized carbons (Fsp3) is 0.333. The number of furan rings is 1. The van der Waals surface area contributed by atoms with E-state index in [4.69, 9.17) is 13.9 Å². The maximum Gasteiger partial charge on any atom is 0.167 e. The van der Waals surface area contributed by atoms with E-state index < -0.39 is 0 Å². The van der Waals surface area contributed by atoms with Gasteiger partial charge >= 0.3 is 0 Å². The lowest BCUT2D eigenvalue weighted by Gasteiger charge is -2.17. The van der Waals surface area contributed by atoms with E-state index in [-0.39, 0.29) is 0 Å². The first kappa shape index (κ1) is 9.90. The molecule has 0 atom stereocenters. The van der Waals surface area contributed by atoms with Crippen molar-refractivity contribution in [2.24, 2.45) is 0 Å². The summed E-state index contributed by atoms with van der Waals surface area (Å²) in [5.41, 5.74) is 3.24. The van der Waals surface area contributed by atoms with E-state index in [1.165, 1.54) is 5.57 Å². The average molecular weight is 206 g/mol. The Kier molecular flexibility index (Phi) is 2.54. The van der Waals surface area contributed by atoms with Gasteiger partial charge in [-0.3, -0.25) is 0 Å². The summed E-state index contributed by atoms with van der Waals surface area (Å²) in [5, 5.41) is 0. The number of ether oxygens (including phenoxy) is 2. The lowest BCUT2D eigenvalue weighted by molar-refractivity contribution is 0.308. The summed E-state index contributed by atoms with van der Waals surface area (Å²) in [6.07, 6.45) is 5.29. The molecular weight excluding hydrogens is 192 g/mol. The molecule has 15 heavy (non-hydrogen) atoms. The molecule has 3 heteroatoms. The molecule has 1 aliphatic rings. The van der Waals surface area contributed by atoms with Crippen molar-refractivity contribution in [2.45, 2.75) is 13.8 Å². The van der Waals surface area contributed by atoms with Gasteiger partial charge in [-0.1, -0.05) is 0 Å². The largest absolute Gasteiger partial charge is 0.493 e. The van der Waals surface area contributed by atoms with Gasteiger partial charge in [0, 0.05) is 0 Å². The Balaban J connectivity index is 2.47. The molecule has 1 aromatic rings. The molecule has 3 nitrogen and oxygen atoms in total. The van der Waals surface area contributed by atoms with Crippen molar-refractivity contribution >= 4 is 5.76 Å². The molecule has 80 valence electrons. The monoisotopic (exact) mass is 206 g/mol. The van der Waals surface area contributed by atoms with Crippen molar-refractivity contribution < 1.29 is 13.9 Å². The molecule has 2 rings (SSSR count). The first-order chi connectivity index (χ1) is 7.24. The third kappa shape index (κ3) is 1.65. The van der Waals surface area contributed by atoms with Crippen LogP contribution in [0.1, 0.15) is 19.4 Å². The standard InChI is InChI=1S/C12H14O3/c1-8-4-5-15-12(9(8)2)10-6-14-7-11(10)13-3/h4,6-7H,5H2,1-3H3. The fourth-order valence-electron chi connectivity index (χ4n) is 1.58. The van der Waals surface area contributed by atoms with Crippen LogP contribution >= 0.6 is 0 Å². The van der Waals surface area contributed by atoms with Gasteiger partial charge in [0.05, 0.1) is 12.7 Å². The smallest absolute Gasteiger partial charge is 0.167 e. The number of rotatable bonds is 2. The molecule has 1 aliphatic heterocycles. The zero-order valence-corrected chi connectivity index (χ0v) is 9.16. The van der Waals surface area contributed by atoms with Crippen LogP contribution in [-0.2, 0) is 4.74 Å². The van der Waals surface area contributed by atoms with E-state index in [1.54, 1.807) is 19.6 Å². The van der Waals surface area contributed by atoms with Gasteiger partial charge in [-0.2, -0.15) is 0 Å². The Labute approximate surface area is 89.0 Å². The molecule has 0 aromatic carbocycles. The van der Waals surface area contributed by atoms with Crippen molar-refractivity contribution in [2.75, 3.05) is 13.7 Å². The molecule has 2 heterocycles. The predicted molar refractivity (Wildman–Crippen MR) is 57.6 cm³/mol. The summed E-state index contributed by atoms with van der Waals surface area (Å²) in [6, 6.07) is 0. The van der Waals surface area contributed by atoms with Crippen molar-refractivity contribution in [3.05, 3.63) is 35.3 Å². The van der Waals surface area contributed by atoms with E-state index in [1.807, 2.05) is 6.92 Å². The molecule has 0 amide bonds. The number of hydrogen-bond acceptors (Lipinski definition) is 3. The van der Waals surface area contributed by atoms with Crippen molar-refractivity contribution in [1.82, 2.24) is 0 Å². The predicted octanol–water partition coefficient (Wildman–Crippen LogP) is 3.00. The maximum absolute atomic E-state index is 5.61. The Hall–Kier alpha value is -1.64. The van der Waals surface area contributed by atoms with Gasteiger partial charge in [-0.15, -0.1) is 0 Å². The second-order valence-electron chi connectivity index (χ2n) is 3.51. The molecule has 0 aliphatic carbocycles. The highest BCUT2D eigenvalue weighted by molar-refractivity contribution is 5.71. The SMILES string of the molecule is COc1cocc1C1=C(C)C(C)=CCO1. The van der Waals surface area contributed by atoms with Gasteiger partial charge in [0.1, 0.15) is 24.9 Å². The lowest BCUT2D eigenvalue weighted by Crippen LogP contribution is -2.03. The van der Waals surface area contributed by atoms with Crippen LogP contribution in [0.4, 0.5) is 0 Å². The van der Waals surface area contributed by atoms with Gasteiger partial charge in [0.25, 0.3) is 0 Å². The van der Waals surface area contributed by atoms with E-state index >= 15 is 0 Å². The molecule has 0 saturated heterocycles. The molecule has 0 fully saturated rings. The third-order valence-corrected chi connectivity index (χ3v) is 2.64. The first-order valence-electron chi connectivity index (χ1n) is 4.85. The molecule has 0 radical (unpaired) electrons. The van der Waals surface area contributed by atoms with Crippen LogP contribution in [0, 0.1) is 0 Å². The Bertz CT molecular complexity index is 424. The second-order valence-corrected chi connectivity index (χ2v) is 3.51. The molecule has 0 bridgehead atoms. The zero-order valence-electron chi connectivity index (χ0n) is 9.16. The van der Waals surface area contributed by atoms with Crippen molar-refractivity contribution in [3.8, 4) is 5.75 Å². The molecule has 1 aromatic heterocycles. The highest BCUT2D eigenvalue weighted by Gasteiger charge is 2.18. The number of hydrogen-bond donors (Lipinski definition) is 0. The topological polar surface area (TPSA) is 31.6 Å². The van der Waals surface area contributed by atoms with Crippen LogP contribution in [0.2, 0.25) is 0 Å². The average Bonchev–Trinajstić information content (AvgIpc) is 2.70. The summed E-state index contributed by atoms with van der Waals surface area (Å²) in [4.78, 5) is 0. The van der Waals surface area contributed by atoms with Crippen LogP contribution < -0.4 is 4.74 Å². The van der Waals surface area contributed by atoms with Crippen LogP contribution in [-0.4, -0.2) is 13.7 Å². The molecule has 0 N–H and O–H groups in total. The highest BCUT2D eigenvalue weighted by Crippen LogP contribution is 2.34. The van der Waals surface area contributed by atoms with Crippen LogP contribution in [0.3, 0.4) is 0 Å². The minimum absolute atomic E-state index is 0.604. The minimum Gasteiger partial charge on any atom is -0.493 e. The first-order valence-corrected chi connectivity index (χ1v) is 4.85. The highest BCUT2D eigenvalue weighted by atomic mass is 16.5. The second kappa shape index (κ2) is 3.85. The third-order valence-electron chi connectivity index (χ3n) is 2.64. The molecule has 0 unspecified atom stereocenters. The zero-order chi connectivity index (χ0) is 10.8. The molecule has 0 saturated carbocycles. The summed E-state index contributed by atoms with van der Waals surface area (Å²) in [7, 11) is 1.62. The summed E-state index contributed by atoms with van der Waals surface area (Å²) < 4.78 is 15.9. The lowest BCUT2D eigenvalue weighted by atomic mass is 10.0. The number of allylic oxidation sites excluding steroid dienone is 2. The van der Waals surface area contributed by atoms with Gasteiger partial charge in [0.15, 0.2) is 5.75 Å². The van der Waals surface area contributed by atoms with E-state index in [2.05, 4.69) is 13.0 Å². The molecular formula is C12H14O3. The normalized spacial score (nSPS) is 16.1. The van der Waals surface area contributed by atoms with Crippen LogP contribution in [0.15, 0.2) is 34.2 Å². The van der Waals surface area contributed by atoms with Gasteiger partial charge in [-0.25, -0.2) is 0 Å². The quantitative estimate of drug-likeness (QED) is 0.745. The van der Waals surface area contributed by atoms with E-state index in [9.17, 15) is 0 Å².